The molecule has 6 rings (SSSR count). The number of nitrogens with zero attached hydrogens (tertiary/aromatic N) is 5. The molecule has 2 saturated heterocycles. The molecular formula is C36H39Cl2N7O4. The number of likely N-dealkylation sites (N-methyl/N-ethyl adjacent to an activating group) is 1. The zero-order chi connectivity index (χ0) is 34.5. The summed E-state index contributed by atoms with van der Waals surface area (Å²) in [5, 5.41) is 6.69. The first-order chi connectivity index (χ1) is 23.8. The van der Waals surface area contributed by atoms with Gasteiger partial charge in [-0.25, -0.2) is 9.97 Å². The first-order valence-corrected chi connectivity index (χ1v) is 17.2. The summed E-state index contributed by atoms with van der Waals surface area (Å²) in [6.07, 6.45) is 9.01. The average molecular weight is 705 g/mol. The number of carbonyl (C=O) groups is 2. The molecule has 4 heterocycles. The first-order valence-electron chi connectivity index (χ1n) is 16.4. The van der Waals surface area contributed by atoms with E-state index in [2.05, 4.69) is 20.5 Å². The molecular weight excluding hydrogens is 665 g/mol. The first kappa shape index (κ1) is 34.5. The molecule has 13 heteroatoms. The van der Waals surface area contributed by atoms with Crippen molar-refractivity contribution in [3.8, 4) is 45.4 Å². The highest BCUT2D eigenvalue weighted by molar-refractivity contribution is 6.39. The van der Waals surface area contributed by atoms with Crippen LogP contribution < -0.4 is 20.1 Å². The van der Waals surface area contributed by atoms with Gasteiger partial charge >= 0.3 is 0 Å². The third kappa shape index (κ3) is 7.49. The number of amides is 2. The van der Waals surface area contributed by atoms with E-state index in [1.54, 1.807) is 33.7 Å². The topological polar surface area (TPSA) is 131 Å². The summed E-state index contributed by atoms with van der Waals surface area (Å²) < 4.78 is 11.3. The molecule has 2 aliphatic heterocycles. The van der Waals surface area contributed by atoms with E-state index in [0.717, 1.165) is 55.5 Å². The van der Waals surface area contributed by atoms with Crippen LogP contribution in [-0.4, -0.2) is 76.5 Å². The number of hydrogen-bond acceptors (Lipinski definition) is 9. The van der Waals surface area contributed by atoms with Crippen molar-refractivity contribution in [1.29, 1.82) is 0 Å². The van der Waals surface area contributed by atoms with E-state index < -0.39 is 0 Å². The number of aryl methyl sites for hydroxylation is 1. The van der Waals surface area contributed by atoms with Crippen LogP contribution in [0.3, 0.4) is 0 Å². The highest BCUT2D eigenvalue weighted by Crippen LogP contribution is 2.42. The van der Waals surface area contributed by atoms with Crippen LogP contribution in [0.1, 0.15) is 49.9 Å². The highest BCUT2D eigenvalue weighted by atomic mass is 35.5. The summed E-state index contributed by atoms with van der Waals surface area (Å²) in [7, 11) is 4.79. The Bertz CT molecular complexity index is 1860. The number of carbonyl (C=O) groups excluding carboxylic acids is 2. The maximum atomic E-state index is 12.4. The fourth-order valence-electron chi connectivity index (χ4n) is 6.62. The van der Waals surface area contributed by atoms with Gasteiger partial charge in [-0.05, 0) is 45.1 Å². The number of aromatic nitrogens is 4. The van der Waals surface area contributed by atoms with Crippen molar-refractivity contribution in [3.05, 3.63) is 70.2 Å². The molecule has 11 nitrogen and oxygen atoms in total. The Hall–Kier alpha value is -4.32. The minimum absolute atomic E-state index is 0.00114. The molecule has 256 valence electrons. The molecule has 2 atom stereocenters. The number of likely N-dealkylation sites (tertiary alicyclic amines) is 1. The van der Waals surface area contributed by atoms with Gasteiger partial charge in [-0.1, -0.05) is 59.6 Å². The van der Waals surface area contributed by atoms with Crippen molar-refractivity contribution in [2.45, 2.75) is 63.6 Å². The van der Waals surface area contributed by atoms with Crippen LogP contribution in [0.25, 0.3) is 33.6 Å². The van der Waals surface area contributed by atoms with Crippen LogP contribution >= 0.6 is 23.2 Å². The standard InChI is InChI=1S/C36H39Cl2N7O4/c1-39-34(47)30-14-7-17-45(30)20-29-36(49-3)44-28(19-41-29)25-12-6-10-23(33(25)38)22-9-5-11-24(32(22)37)27-18-40-26(35(43-27)48-2)13-4-8-21-15-16-31(46)42-21/h5-6,9-12,18-19,21,30H,4,7-8,13-17,20H2,1-3H3,(H,39,47)(H,42,46)/t21-,30-/m1/s1. The van der Waals surface area contributed by atoms with E-state index in [1.165, 1.54) is 0 Å². The molecule has 2 aliphatic rings. The number of nitrogens with one attached hydrogen (secondary N) is 2. The third-order valence-electron chi connectivity index (χ3n) is 9.17. The maximum absolute atomic E-state index is 12.4. The summed E-state index contributed by atoms with van der Waals surface area (Å²) in [5.41, 5.74) is 5.33. The molecule has 2 N–H and O–H groups in total. The monoisotopic (exact) mass is 703 g/mol. The fourth-order valence-corrected chi connectivity index (χ4v) is 7.27. The second-order valence-corrected chi connectivity index (χ2v) is 13.0. The number of rotatable bonds is 12. The molecule has 0 bridgehead atoms. The maximum Gasteiger partial charge on any atom is 0.237 e. The van der Waals surface area contributed by atoms with Crippen molar-refractivity contribution in [3.63, 3.8) is 0 Å². The number of ether oxygens (including phenoxy) is 2. The summed E-state index contributed by atoms with van der Waals surface area (Å²) in [4.78, 5) is 44.9. The molecule has 2 fully saturated rings. The Morgan fingerprint density at radius 1 is 0.918 bits per heavy atom. The lowest BCUT2D eigenvalue weighted by Crippen LogP contribution is -2.41. The van der Waals surface area contributed by atoms with Gasteiger partial charge in [0, 0.05) is 48.3 Å². The van der Waals surface area contributed by atoms with Gasteiger partial charge in [-0.15, -0.1) is 0 Å². The van der Waals surface area contributed by atoms with E-state index in [0.29, 0.717) is 69.4 Å². The predicted octanol–water partition coefficient (Wildman–Crippen LogP) is 5.90. The quantitative estimate of drug-likeness (QED) is 0.185. The molecule has 0 radical (unpaired) electrons. The minimum atomic E-state index is -0.203. The molecule has 0 spiro atoms. The second kappa shape index (κ2) is 15.5. The summed E-state index contributed by atoms with van der Waals surface area (Å²) in [6, 6.07) is 11.4. The van der Waals surface area contributed by atoms with E-state index in [1.807, 2.05) is 36.4 Å². The van der Waals surface area contributed by atoms with Gasteiger partial charge in [0.05, 0.1) is 54.1 Å². The van der Waals surface area contributed by atoms with Gasteiger partial charge in [0.1, 0.15) is 11.4 Å². The fraction of sp³-hybridized carbons (Fsp3) is 0.389. The van der Waals surface area contributed by atoms with Crippen molar-refractivity contribution in [2.24, 2.45) is 0 Å². The van der Waals surface area contributed by atoms with Crippen LogP contribution in [0.15, 0.2) is 48.8 Å². The van der Waals surface area contributed by atoms with E-state index in [4.69, 9.17) is 47.6 Å². The van der Waals surface area contributed by atoms with Crippen LogP contribution in [-0.2, 0) is 22.6 Å². The molecule has 0 aliphatic carbocycles. The molecule has 0 saturated carbocycles. The lowest BCUT2D eigenvalue weighted by Gasteiger charge is -2.23. The minimum Gasteiger partial charge on any atom is -0.480 e. The molecule has 0 unspecified atom stereocenters. The van der Waals surface area contributed by atoms with Crippen LogP contribution in [0.2, 0.25) is 10.0 Å². The number of halogens is 2. The third-order valence-corrected chi connectivity index (χ3v) is 9.98. The number of methoxy groups -OCH3 is 2. The molecule has 2 aromatic heterocycles. The van der Waals surface area contributed by atoms with Crippen molar-refractivity contribution in [2.75, 3.05) is 27.8 Å². The number of benzene rings is 2. The zero-order valence-corrected chi connectivity index (χ0v) is 29.3. The Kier molecular flexibility index (Phi) is 10.9. The van der Waals surface area contributed by atoms with E-state index in [-0.39, 0.29) is 23.9 Å². The normalized spacial score (nSPS) is 17.6. The lowest BCUT2D eigenvalue weighted by molar-refractivity contribution is -0.125. The Morgan fingerprint density at radius 2 is 1.51 bits per heavy atom. The Labute approximate surface area is 295 Å². The lowest BCUT2D eigenvalue weighted by atomic mass is 9.98. The Morgan fingerprint density at radius 3 is 2.08 bits per heavy atom. The van der Waals surface area contributed by atoms with Crippen LogP contribution in [0.5, 0.6) is 11.8 Å². The molecule has 2 amide bonds. The largest absolute Gasteiger partial charge is 0.480 e. The van der Waals surface area contributed by atoms with E-state index >= 15 is 0 Å². The van der Waals surface area contributed by atoms with Crippen molar-refractivity contribution >= 4 is 35.0 Å². The van der Waals surface area contributed by atoms with Crippen LogP contribution in [0, 0.1) is 0 Å². The van der Waals surface area contributed by atoms with Gasteiger partial charge in [0.15, 0.2) is 0 Å². The molecule has 4 aromatic rings. The predicted molar refractivity (Wildman–Crippen MR) is 189 cm³/mol. The van der Waals surface area contributed by atoms with Crippen LogP contribution in [0.4, 0.5) is 0 Å². The Balaban J connectivity index is 1.24. The summed E-state index contributed by atoms with van der Waals surface area (Å²) in [6.45, 7) is 1.24. The van der Waals surface area contributed by atoms with Gasteiger partial charge in [0.25, 0.3) is 0 Å². The van der Waals surface area contributed by atoms with E-state index in [9.17, 15) is 9.59 Å². The smallest absolute Gasteiger partial charge is 0.237 e. The highest BCUT2D eigenvalue weighted by Gasteiger charge is 2.31. The molecule has 49 heavy (non-hydrogen) atoms. The second-order valence-electron chi connectivity index (χ2n) is 12.2. The van der Waals surface area contributed by atoms with Gasteiger partial charge in [0.2, 0.25) is 23.6 Å². The van der Waals surface area contributed by atoms with Gasteiger partial charge < -0.3 is 20.1 Å². The van der Waals surface area contributed by atoms with Crippen molar-refractivity contribution < 1.29 is 19.1 Å². The molecule has 2 aromatic carbocycles. The zero-order valence-electron chi connectivity index (χ0n) is 27.8. The van der Waals surface area contributed by atoms with Crippen molar-refractivity contribution in [1.82, 2.24) is 35.5 Å². The van der Waals surface area contributed by atoms with Gasteiger partial charge in [-0.2, -0.15) is 0 Å². The summed E-state index contributed by atoms with van der Waals surface area (Å²) >= 11 is 14.1. The van der Waals surface area contributed by atoms with Gasteiger partial charge in [-0.3, -0.25) is 24.5 Å². The number of hydrogen-bond donors (Lipinski definition) is 2. The average Bonchev–Trinajstić information content (AvgIpc) is 3.77. The SMILES string of the molecule is CNC(=O)[C@H]1CCCN1Cc1ncc(-c2cccc(-c3cccc(-c4cnc(CCC[C@@H]5CCC(=O)N5)c(OC)n4)c3Cl)c2Cl)nc1OC. The summed E-state index contributed by atoms with van der Waals surface area (Å²) in [5.74, 6) is 0.940.